The number of fused-ring (bicyclic) bond motifs is 14. The lowest BCUT2D eigenvalue weighted by molar-refractivity contribution is -0.160. The number of carbonyl (C=O) groups excluding carboxylic acids is 3. The van der Waals surface area contributed by atoms with E-state index in [4.69, 9.17) is 18.9 Å². The maximum atomic E-state index is 14.6. The highest BCUT2D eigenvalue weighted by atomic mass is 16.7. The largest absolute Gasteiger partial charge is 0.507 e. The number of ketones is 1. The van der Waals surface area contributed by atoms with E-state index >= 15 is 0 Å². The summed E-state index contributed by atoms with van der Waals surface area (Å²) in [7, 11) is 1.45. The number of esters is 1. The molecule has 14 heteroatoms. The van der Waals surface area contributed by atoms with Crippen molar-refractivity contribution in [3.8, 4) is 23.0 Å². The molecule has 0 unspecified atom stereocenters. The van der Waals surface area contributed by atoms with Crippen LogP contribution in [0.15, 0.2) is 36.1 Å². The van der Waals surface area contributed by atoms with Crippen LogP contribution in [0.3, 0.4) is 0 Å². The van der Waals surface area contributed by atoms with Gasteiger partial charge in [0.1, 0.15) is 34.7 Å². The van der Waals surface area contributed by atoms with E-state index in [2.05, 4.69) is 5.32 Å². The van der Waals surface area contributed by atoms with Crippen LogP contribution in [0.2, 0.25) is 0 Å². The molecule has 9 atom stereocenters. The zero-order valence-corrected chi connectivity index (χ0v) is 36.9. The zero-order valence-electron chi connectivity index (χ0n) is 36.9. The second-order valence-corrected chi connectivity index (χ2v) is 17.9. The molecule has 2 aromatic rings. The van der Waals surface area contributed by atoms with Crippen LogP contribution in [0.1, 0.15) is 103 Å². The van der Waals surface area contributed by atoms with E-state index in [1.165, 1.54) is 65.9 Å². The first-order valence-corrected chi connectivity index (χ1v) is 21.7. The standard InChI is InChI=1S/C47H64N2O12/c1-23-13-12-14-24(2)46(57)48-36-37(49-20-17-31(18-21-49)30-15-10-11-16-30)42(55)33-34(41(36)54)40(53)28(6)44-35(33)45(56)47(8,61-44)59-22-19-32(58-9)25(3)43(60-29(7)50)27(5)39(52)26(4)38(23)51/h12-14,19,22-23,25-27,30-32,38-39,43,51-55H,10-11,15-18,20-21H2,1-9H3,(H,48,57)/b13-12-,22-19?,24-14-/t23-,25+,26+,27+,32-,38-,39+,43+,47-/m0/s1. The van der Waals surface area contributed by atoms with E-state index in [1.54, 1.807) is 52.8 Å². The van der Waals surface area contributed by atoms with Gasteiger partial charge in [-0.05, 0) is 44.6 Å². The van der Waals surface area contributed by atoms with Crippen molar-refractivity contribution in [2.45, 2.75) is 124 Å². The highest BCUT2D eigenvalue weighted by Crippen LogP contribution is 2.58. The molecule has 0 spiro atoms. The Bertz CT molecular complexity index is 2100. The van der Waals surface area contributed by atoms with Crippen molar-refractivity contribution in [1.29, 1.82) is 0 Å². The van der Waals surface area contributed by atoms with Crippen LogP contribution in [0.4, 0.5) is 11.4 Å². The number of hydrogen-bond acceptors (Lipinski definition) is 13. The van der Waals surface area contributed by atoms with Gasteiger partial charge >= 0.3 is 11.8 Å². The first-order valence-electron chi connectivity index (χ1n) is 21.7. The fourth-order valence-electron chi connectivity index (χ4n) is 10.0. The predicted molar refractivity (Wildman–Crippen MR) is 231 cm³/mol. The minimum absolute atomic E-state index is 0.0423. The molecule has 1 saturated heterocycles. The van der Waals surface area contributed by atoms with Crippen molar-refractivity contribution in [3.05, 3.63) is 47.3 Å². The van der Waals surface area contributed by atoms with Crippen LogP contribution in [0.5, 0.6) is 23.0 Å². The van der Waals surface area contributed by atoms with Crippen LogP contribution in [-0.4, -0.2) is 93.6 Å². The third-order valence-electron chi connectivity index (χ3n) is 13.9. The van der Waals surface area contributed by atoms with Crippen molar-refractivity contribution in [1.82, 2.24) is 0 Å². The SMILES string of the molecule is CO[C@H]1C=CO[C@@]2(C)Oc3c(C)c(O)c4c(O)c(c(N5CCC(C6CCCC6)CC5)c(O)c4c3C2=O)NC(=O)/C(C)=C\C=C/[C@H](C)[C@H](O)[C@@H](C)[C@@H](O)[C@@H](C)[C@H](OC(C)=O)[C@@H]1C. The van der Waals surface area contributed by atoms with Crippen molar-refractivity contribution in [3.63, 3.8) is 0 Å². The molecule has 0 radical (unpaired) electrons. The second kappa shape index (κ2) is 18.3. The Balaban J connectivity index is 1.50. The van der Waals surface area contributed by atoms with Gasteiger partial charge in [-0.25, -0.2) is 0 Å². The molecule has 6 N–H and O–H groups in total. The minimum atomic E-state index is -2.01. The lowest BCUT2D eigenvalue weighted by atomic mass is 9.78. The average Bonchev–Trinajstić information content (AvgIpc) is 3.87. The number of hydrogen-bond donors (Lipinski definition) is 6. The average molecular weight is 849 g/mol. The molecule has 1 amide bonds. The van der Waals surface area contributed by atoms with Crippen molar-refractivity contribution in [2.24, 2.45) is 35.5 Å². The number of aromatic hydroxyl groups is 3. The Morgan fingerprint density at radius 3 is 2.13 bits per heavy atom. The molecule has 4 aliphatic heterocycles. The first kappa shape index (κ1) is 45.7. The van der Waals surface area contributed by atoms with E-state index < -0.39 is 88.8 Å². The molecule has 7 rings (SSSR count). The molecule has 1 aliphatic carbocycles. The number of piperidine rings is 1. The number of phenolic OH excluding ortho intramolecular Hbond substituents is 3. The lowest BCUT2D eigenvalue weighted by Gasteiger charge is -2.38. The van der Waals surface area contributed by atoms with Crippen LogP contribution in [-0.2, 0) is 23.8 Å². The van der Waals surface area contributed by atoms with Crippen molar-refractivity contribution in [2.75, 3.05) is 30.4 Å². The van der Waals surface area contributed by atoms with E-state index in [0.717, 1.165) is 12.8 Å². The van der Waals surface area contributed by atoms with Gasteiger partial charge in [-0.1, -0.05) is 71.6 Å². The van der Waals surface area contributed by atoms with Crippen LogP contribution in [0, 0.1) is 42.4 Å². The summed E-state index contributed by atoms with van der Waals surface area (Å²) >= 11 is 0. The quantitative estimate of drug-likeness (QED) is 0.103. The summed E-state index contributed by atoms with van der Waals surface area (Å²) in [6.45, 7) is 13.8. The van der Waals surface area contributed by atoms with Crippen molar-refractivity contribution < 1.29 is 58.9 Å². The highest BCUT2D eigenvalue weighted by Gasteiger charge is 2.50. The number of phenols is 3. The van der Waals surface area contributed by atoms with Crippen LogP contribution < -0.4 is 15.0 Å². The van der Waals surface area contributed by atoms with E-state index in [-0.39, 0.29) is 44.6 Å². The van der Waals surface area contributed by atoms with E-state index in [1.807, 2.05) is 4.90 Å². The van der Waals surface area contributed by atoms with Crippen LogP contribution >= 0.6 is 0 Å². The van der Waals surface area contributed by atoms with Gasteiger partial charge in [0.05, 0.1) is 35.5 Å². The molecule has 61 heavy (non-hydrogen) atoms. The number of allylic oxidation sites excluding steroid dienone is 2. The number of anilines is 2. The van der Waals surface area contributed by atoms with Gasteiger partial charge in [-0.3, -0.25) is 14.4 Å². The van der Waals surface area contributed by atoms with Gasteiger partial charge in [0.15, 0.2) is 5.75 Å². The van der Waals surface area contributed by atoms with Crippen molar-refractivity contribution >= 4 is 39.8 Å². The Labute approximate surface area is 358 Å². The minimum Gasteiger partial charge on any atom is -0.507 e. The predicted octanol–water partition coefficient (Wildman–Crippen LogP) is 7.16. The Morgan fingerprint density at radius 2 is 1.51 bits per heavy atom. The van der Waals surface area contributed by atoms with E-state index in [9.17, 15) is 39.9 Å². The highest BCUT2D eigenvalue weighted by molar-refractivity contribution is 6.23. The van der Waals surface area contributed by atoms with Gasteiger partial charge in [0.25, 0.3) is 11.7 Å². The molecule has 14 nitrogen and oxygen atoms in total. The van der Waals surface area contributed by atoms with Gasteiger partial charge in [-0.2, -0.15) is 0 Å². The number of aliphatic hydroxyl groups excluding tert-OH is 2. The third-order valence-corrected chi connectivity index (χ3v) is 13.9. The summed E-state index contributed by atoms with van der Waals surface area (Å²) in [5.74, 6) is -6.62. The molecule has 1 saturated carbocycles. The summed E-state index contributed by atoms with van der Waals surface area (Å²) in [6, 6.07) is 0. The van der Waals surface area contributed by atoms with Gasteiger partial charge in [-0.15, -0.1) is 0 Å². The Kier molecular flexibility index (Phi) is 13.7. The number of methoxy groups -OCH3 is 1. The fourth-order valence-corrected chi connectivity index (χ4v) is 10.0. The number of ether oxygens (including phenoxy) is 4. The summed E-state index contributed by atoms with van der Waals surface area (Å²) < 4.78 is 23.8. The molecule has 334 valence electrons. The maximum absolute atomic E-state index is 14.6. The molecule has 2 aromatic carbocycles. The Hall–Kier alpha value is -4.79. The Morgan fingerprint density at radius 1 is 0.869 bits per heavy atom. The third kappa shape index (κ3) is 8.68. The van der Waals surface area contributed by atoms with Crippen LogP contribution in [0.25, 0.3) is 10.8 Å². The maximum Gasteiger partial charge on any atom is 0.312 e. The lowest BCUT2D eigenvalue weighted by Crippen LogP contribution is -2.46. The monoisotopic (exact) mass is 848 g/mol. The fraction of sp³-hybridized carbons (Fsp3) is 0.596. The number of rotatable bonds is 4. The first-order chi connectivity index (χ1) is 28.8. The molecular weight excluding hydrogens is 785 g/mol. The second-order valence-electron chi connectivity index (χ2n) is 17.9. The number of Topliss-reactive ketones (excluding diaryl/α,β-unsaturated/α-hetero) is 1. The number of nitrogens with zero attached hydrogens (tertiary/aromatic N) is 1. The van der Waals surface area contributed by atoms with Gasteiger partial charge in [0, 0.05) is 74.2 Å². The number of benzene rings is 2. The molecule has 4 heterocycles. The number of aliphatic hydroxyl groups is 2. The van der Waals surface area contributed by atoms with Gasteiger partial charge < -0.3 is 54.7 Å². The molecular formula is C47H64N2O12. The van der Waals surface area contributed by atoms with Gasteiger partial charge in [0.2, 0.25) is 0 Å². The topological polar surface area (TPSA) is 205 Å². The normalized spacial score (nSPS) is 32.4. The smallest absolute Gasteiger partial charge is 0.312 e. The summed E-state index contributed by atoms with van der Waals surface area (Å²) in [5.41, 5.74) is 0.220. The summed E-state index contributed by atoms with van der Waals surface area (Å²) in [5, 5.41) is 61.7. The molecule has 5 aliphatic rings. The summed E-state index contributed by atoms with van der Waals surface area (Å²) in [4.78, 5) is 42.8. The molecule has 0 aromatic heterocycles. The molecule has 5 bridgehead atoms. The number of carbonyl (C=O) groups is 3. The summed E-state index contributed by atoms with van der Waals surface area (Å²) in [6.07, 6.45) is 10.3. The number of nitrogens with one attached hydrogen (secondary N) is 1. The molecule has 2 fully saturated rings. The zero-order chi connectivity index (χ0) is 44.7. The van der Waals surface area contributed by atoms with E-state index in [0.29, 0.717) is 24.9 Å². The number of amides is 1.